The standard InChI is InChI=1S/C17H23Cl3N2O3/c1-9-6-22(7-10(2)25-9)17(3,4)8-21-16(24)13-14(20)11(18)5-12(19)15(13)23/h5,9-10,23H,6-8H2,1-4H3,(H,21,24). The van der Waals surface area contributed by atoms with Crippen molar-refractivity contribution in [3.8, 4) is 5.75 Å². The topological polar surface area (TPSA) is 61.8 Å². The van der Waals surface area contributed by atoms with Gasteiger partial charge in [-0.15, -0.1) is 0 Å². The van der Waals surface area contributed by atoms with E-state index < -0.39 is 5.91 Å². The summed E-state index contributed by atoms with van der Waals surface area (Å²) in [5.41, 5.74) is -0.412. The van der Waals surface area contributed by atoms with Gasteiger partial charge in [0.05, 0.1) is 27.3 Å². The number of hydrogen-bond acceptors (Lipinski definition) is 4. The van der Waals surface area contributed by atoms with Gasteiger partial charge in [-0.05, 0) is 33.8 Å². The van der Waals surface area contributed by atoms with Crippen LogP contribution in [-0.2, 0) is 4.74 Å². The first-order valence-electron chi connectivity index (χ1n) is 8.08. The van der Waals surface area contributed by atoms with Crippen LogP contribution in [0.4, 0.5) is 0 Å². The number of nitrogens with one attached hydrogen (secondary N) is 1. The minimum absolute atomic E-state index is 0.0189. The largest absolute Gasteiger partial charge is 0.505 e. The van der Waals surface area contributed by atoms with E-state index in [1.54, 1.807) is 0 Å². The molecule has 1 amide bonds. The molecule has 1 aromatic carbocycles. The summed E-state index contributed by atoms with van der Waals surface area (Å²) in [6.07, 6.45) is 0.257. The maximum atomic E-state index is 12.5. The zero-order chi connectivity index (χ0) is 18.9. The molecule has 0 radical (unpaired) electrons. The Bertz CT molecular complexity index is 631. The molecule has 2 unspecified atom stereocenters. The third-order valence-corrected chi connectivity index (χ3v) is 5.41. The van der Waals surface area contributed by atoms with Crippen molar-refractivity contribution in [3.05, 3.63) is 26.7 Å². The van der Waals surface area contributed by atoms with Crippen LogP contribution in [0, 0.1) is 0 Å². The van der Waals surface area contributed by atoms with E-state index in [0.717, 1.165) is 13.1 Å². The molecule has 0 spiro atoms. The number of phenols is 1. The van der Waals surface area contributed by atoms with E-state index in [2.05, 4.69) is 10.2 Å². The van der Waals surface area contributed by atoms with Crippen molar-refractivity contribution in [2.75, 3.05) is 19.6 Å². The molecular weight excluding hydrogens is 387 g/mol. The average Bonchev–Trinajstić information content (AvgIpc) is 2.50. The zero-order valence-corrected chi connectivity index (χ0v) is 17.0. The fourth-order valence-electron chi connectivity index (χ4n) is 2.96. The third kappa shape index (κ3) is 4.72. The minimum atomic E-state index is -0.519. The molecule has 8 heteroatoms. The van der Waals surface area contributed by atoms with E-state index in [1.807, 2.05) is 27.7 Å². The van der Waals surface area contributed by atoms with Crippen molar-refractivity contribution < 1.29 is 14.6 Å². The summed E-state index contributed by atoms with van der Waals surface area (Å²) in [6, 6.07) is 1.30. The SMILES string of the molecule is CC1CN(C(C)(C)CNC(=O)c2c(O)c(Cl)cc(Cl)c2Cl)CC(C)O1. The van der Waals surface area contributed by atoms with E-state index in [0.29, 0.717) is 6.54 Å². The van der Waals surface area contributed by atoms with Gasteiger partial charge in [0.1, 0.15) is 11.3 Å². The van der Waals surface area contributed by atoms with Crippen LogP contribution in [0.25, 0.3) is 0 Å². The number of rotatable bonds is 4. The van der Waals surface area contributed by atoms with Crippen LogP contribution < -0.4 is 5.32 Å². The third-order valence-electron chi connectivity index (χ3n) is 4.33. The Morgan fingerprint density at radius 2 is 1.84 bits per heavy atom. The summed E-state index contributed by atoms with van der Waals surface area (Å²) in [6.45, 7) is 10.1. The van der Waals surface area contributed by atoms with Crippen molar-refractivity contribution in [2.24, 2.45) is 0 Å². The molecular formula is C17H23Cl3N2O3. The monoisotopic (exact) mass is 408 g/mol. The molecule has 1 fully saturated rings. The highest BCUT2D eigenvalue weighted by Crippen LogP contribution is 2.38. The molecule has 0 saturated carbocycles. The molecule has 1 aliphatic heterocycles. The first-order valence-corrected chi connectivity index (χ1v) is 9.21. The number of aromatic hydroxyl groups is 1. The van der Waals surface area contributed by atoms with Gasteiger partial charge in [0, 0.05) is 25.2 Å². The Kier molecular flexibility index (Phi) is 6.50. The van der Waals surface area contributed by atoms with Crippen molar-refractivity contribution >= 4 is 40.7 Å². The van der Waals surface area contributed by atoms with Crippen LogP contribution in [0.2, 0.25) is 15.1 Å². The van der Waals surface area contributed by atoms with Crippen molar-refractivity contribution in [1.82, 2.24) is 10.2 Å². The van der Waals surface area contributed by atoms with E-state index >= 15 is 0 Å². The van der Waals surface area contributed by atoms with Crippen LogP contribution in [-0.4, -0.2) is 53.3 Å². The number of benzene rings is 1. The Balaban J connectivity index is 2.12. The Morgan fingerprint density at radius 1 is 1.28 bits per heavy atom. The number of carbonyl (C=O) groups is 1. The second-order valence-corrected chi connectivity index (χ2v) is 8.23. The fourth-order valence-corrected chi connectivity index (χ4v) is 3.65. The summed E-state index contributed by atoms with van der Waals surface area (Å²) in [5, 5.41) is 13.0. The van der Waals surface area contributed by atoms with Gasteiger partial charge in [0.2, 0.25) is 0 Å². The molecule has 140 valence electrons. The number of phenolic OH excluding ortho intramolecular Hbond substituents is 1. The minimum Gasteiger partial charge on any atom is -0.505 e. The number of ether oxygens (including phenoxy) is 1. The van der Waals surface area contributed by atoms with Crippen molar-refractivity contribution in [2.45, 2.75) is 45.4 Å². The Hall–Kier alpha value is -0.720. The molecule has 5 nitrogen and oxygen atoms in total. The molecule has 2 N–H and O–H groups in total. The summed E-state index contributed by atoms with van der Waals surface area (Å²) in [4.78, 5) is 14.8. The smallest absolute Gasteiger partial charge is 0.256 e. The van der Waals surface area contributed by atoms with Gasteiger partial charge in [0.15, 0.2) is 0 Å². The normalized spacial score (nSPS) is 22.0. The molecule has 0 bridgehead atoms. The van der Waals surface area contributed by atoms with Gasteiger partial charge < -0.3 is 15.2 Å². The van der Waals surface area contributed by atoms with Crippen LogP contribution in [0.15, 0.2) is 6.07 Å². The molecule has 1 heterocycles. The number of nitrogens with zero attached hydrogens (tertiary/aromatic N) is 1. The van der Waals surface area contributed by atoms with Gasteiger partial charge in [-0.3, -0.25) is 9.69 Å². The summed E-state index contributed by atoms with van der Waals surface area (Å²) in [5.74, 6) is -0.894. The van der Waals surface area contributed by atoms with Crippen LogP contribution in [0.1, 0.15) is 38.1 Å². The lowest BCUT2D eigenvalue weighted by Crippen LogP contribution is -2.58. The Labute approximate surface area is 163 Å². The van der Waals surface area contributed by atoms with E-state index in [-0.39, 0.29) is 44.1 Å². The predicted octanol–water partition coefficient (Wildman–Crippen LogP) is 3.97. The fraction of sp³-hybridized carbons (Fsp3) is 0.588. The van der Waals surface area contributed by atoms with E-state index in [9.17, 15) is 9.90 Å². The number of halogens is 3. The first-order chi connectivity index (χ1) is 11.5. The average molecular weight is 410 g/mol. The molecule has 1 aliphatic rings. The Morgan fingerprint density at radius 3 is 2.40 bits per heavy atom. The lowest BCUT2D eigenvalue weighted by atomic mass is 9.99. The molecule has 2 rings (SSSR count). The second kappa shape index (κ2) is 7.89. The number of amides is 1. The summed E-state index contributed by atoms with van der Waals surface area (Å²) < 4.78 is 5.76. The van der Waals surface area contributed by atoms with Crippen LogP contribution >= 0.6 is 34.8 Å². The quantitative estimate of drug-likeness (QED) is 0.739. The summed E-state index contributed by atoms with van der Waals surface area (Å²) in [7, 11) is 0. The van der Waals surface area contributed by atoms with E-state index in [4.69, 9.17) is 39.5 Å². The molecule has 0 aromatic heterocycles. The number of morpholine rings is 1. The molecule has 0 aliphatic carbocycles. The number of carbonyl (C=O) groups excluding carboxylic acids is 1. The lowest BCUT2D eigenvalue weighted by Gasteiger charge is -2.45. The van der Waals surface area contributed by atoms with Crippen molar-refractivity contribution in [3.63, 3.8) is 0 Å². The van der Waals surface area contributed by atoms with Gasteiger partial charge in [0.25, 0.3) is 5.91 Å². The maximum Gasteiger partial charge on any atom is 0.256 e. The van der Waals surface area contributed by atoms with Crippen molar-refractivity contribution in [1.29, 1.82) is 0 Å². The highest BCUT2D eigenvalue weighted by atomic mass is 35.5. The van der Waals surface area contributed by atoms with Gasteiger partial charge in [-0.2, -0.15) is 0 Å². The van der Waals surface area contributed by atoms with Gasteiger partial charge in [-0.1, -0.05) is 34.8 Å². The maximum absolute atomic E-state index is 12.5. The highest BCUT2D eigenvalue weighted by Gasteiger charge is 2.34. The first kappa shape index (κ1) is 20.6. The molecule has 1 saturated heterocycles. The predicted molar refractivity (Wildman–Crippen MR) is 101 cm³/mol. The van der Waals surface area contributed by atoms with E-state index in [1.165, 1.54) is 6.07 Å². The molecule has 1 aromatic rings. The number of hydrogen-bond donors (Lipinski definition) is 2. The molecule has 2 atom stereocenters. The van der Waals surface area contributed by atoms with Crippen LogP contribution in [0.5, 0.6) is 5.75 Å². The van der Waals surface area contributed by atoms with Gasteiger partial charge >= 0.3 is 0 Å². The highest BCUT2D eigenvalue weighted by molar-refractivity contribution is 6.45. The zero-order valence-electron chi connectivity index (χ0n) is 14.7. The lowest BCUT2D eigenvalue weighted by molar-refractivity contribution is -0.0948. The summed E-state index contributed by atoms with van der Waals surface area (Å²) >= 11 is 17.9. The molecule has 25 heavy (non-hydrogen) atoms. The van der Waals surface area contributed by atoms with Gasteiger partial charge in [-0.25, -0.2) is 0 Å². The second-order valence-electron chi connectivity index (χ2n) is 7.04. The van der Waals surface area contributed by atoms with Crippen LogP contribution in [0.3, 0.4) is 0 Å².